The zero-order valence-electron chi connectivity index (χ0n) is 13.3. The molecule has 3 rings (SSSR count). The molecule has 0 aliphatic carbocycles. The number of ether oxygens (including phenoxy) is 1. The van der Waals surface area contributed by atoms with Gasteiger partial charge in [0.2, 0.25) is 0 Å². The average molecular weight is 310 g/mol. The third kappa shape index (κ3) is 3.63. The zero-order valence-corrected chi connectivity index (χ0v) is 13.3. The molecule has 0 spiro atoms. The summed E-state index contributed by atoms with van der Waals surface area (Å²) >= 11 is 0. The van der Waals surface area contributed by atoms with Crippen LogP contribution in [0.2, 0.25) is 0 Å². The second-order valence-electron chi connectivity index (χ2n) is 5.48. The molecule has 0 aliphatic heterocycles. The number of nitrogens with two attached hydrogens (primary N) is 1. The first-order valence-electron chi connectivity index (χ1n) is 7.92. The van der Waals surface area contributed by atoms with Crippen molar-refractivity contribution < 1.29 is 4.74 Å². The Balaban J connectivity index is 1.73. The summed E-state index contributed by atoms with van der Waals surface area (Å²) in [6.45, 7) is 3.34. The minimum absolute atomic E-state index is 0.0515. The highest BCUT2D eigenvalue weighted by Crippen LogP contribution is 2.23. The average Bonchev–Trinajstić information content (AvgIpc) is 3.06. The maximum absolute atomic E-state index is 5.95. The molecule has 0 fully saturated rings. The summed E-state index contributed by atoms with van der Waals surface area (Å²) in [6, 6.07) is 14.2. The minimum atomic E-state index is 0.0515. The van der Waals surface area contributed by atoms with E-state index in [-0.39, 0.29) is 6.04 Å². The largest absolute Gasteiger partial charge is 0.494 e. The summed E-state index contributed by atoms with van der Waals surface area (Å²) in [5.74, 6) is 0.894. The highest BCUT2D eigenvalue weighted by molar-refractivity contribution is 5.78. The van der Waals surface area contributed by atoms with E-state index in [0.29, 0.717) is 6.54 Å². The number of aromatic amines is 1. The van der Waals surface area contributed by atoms with E-state index in [9.17, 15) is 0 Å². The fraction of sp³-hybridized carbons (Fsp3) is 0.278. The summed E-state index contributed by atoms with van der Waals surface area (Å²) in [4.78, 5) is 7.35. The molecule has 1 aromatic heterocycles. The van der Waals surface area contributed by atoms with Crippen LogP contribution in [0.4, 0.5) is 5.69 Å². The van der Waals surface area contributed by atoms with Gasteiger partial charge in [-0.05, 0) is 42.3 Å². The first-order chi connectivity index (χ1) is 11.3. The topological polar surface area (TPSA) is 76.0 Å². The van der Waals surface area contributed by atoms with Crippen molar-refractivity contribution in [3.05, 3.63) is 54.4 Å². The number of rotatable bonds is 7. The van der Waals surface area contributed by atoms with Crippen molar-refractivity contribution in [3.63, 3.8) is 0 Å². The Hall–Kier alpha value is -2.53. The Morgan fingerprint density at radius 3 is 2.78 bits per heavy atom. The Morgan fingerprint density at radius 2 is 2.04 bits per heavy atom. The van der Waals surface area contributed by atoms with Crippen LogP contribution < -0.4 is 15.8 Å². The lowest BCUT2D eigenvalue weighted by molar-refractivity contribution is 0.317. The van der Waals surface area contributed by atoms with E-state index in [4.69, 9.17) is 10.5 Å². The number of fused-ring (bicyclic) bond motifs is 1. The Labute approximate surface area is 135 Å². The Morgan fingerprint density at radius 1 is 1.22 bits per heavy atom. The molecular formula is C18H22N4O. The summed E-state index contributed by atoms with van der Waals surface area (Å²) < 4.78 is 5.62. The molecule has 0 aliphatic rings. The smallest absolute Gasteiger partial charge is 0.119 e. The van der Waals surface area contributed by atoms with E-state index < -0.39 is 0 Å². The highest BCUT2D eigenvalue weighted by atomic mass is 16.5. The van der Waals surface area contributed by atoms with Gasteiger partial charge in [0.15, 0.2) is 0 Å². The van der Waals surface area contributed by atoms with Crippen LogP contribution in [0.3, 0.4) is 0 Å². The quantitative estimate of drug-likeness (QED) is 0.624. The van der Waals surface area contributed by atoms with Crippen molar-refractivity contribution in [2.24, 2.45) is 5.73 Å². The number of imidazole rings is 1. The number of hydrogen-bond donors (Lipinski definition) is 3. The van der Waals surface area contributed by atoms with Gasteiger partial charge in [0.25, 0.3) is 0 Å². The number of benzene rings is 2. The standard InChI is InChI=1S/C18H22N4O/c1-2-9-23-15-6-3-13(4-7-15)18(11-19)22-14-5-8-16-17(10-14)21-12-20-16/h3-8,10,12,18,22H,2,9,11,19H2,1H3,(H,20,21). The van der Waals surface area contributed by atoms with Crippen LogP contribution in [0.15, 0.2) is 48.8 Å². The van der Waals surface area contributed by atoms with Gasteiger partial charge in [0, 0.05) is 12.2 Å². The molecule has 4 N–H and O–H groups in total. The number of anilines is 1. The third-order valence-electron chi connectivity index (χ3n) is 3.75. The van der Waals surface area contributed by atoms with Gasteiger partial charge in [-0.25, -0.2) is 4.98 Å². The molecular weight excluding hydrogens is 288 g/mol. The first kappa shape index (κ1) is 15.4. The predicted molar refractivity (Wildman–Crippen MR) is 93.7 cm³/mol. The van der Waals surface area contributed by atoms with Crippen LogP contribution in [-0.2, 0) is 0 Å². The molecule has 0 saturated heterocycles. The van der Waals surface area contributed by atoms with Gasteiger partial charge >= 0.3 is 0 Å². The van der Waals surface area contributed by atoms with E-state index in [2.05, 4.69) is 34.3 Å². The molecule has 0 saturated carbocycles. The molecule has 23 heavy (non-hydrogen) atoms. The van der Waals surface area contributed by atoms with Gasteiger partial charge in [0.05, 0.1) is 30.0 Å². The number of hydrogen-bond acceptors (Lipinski definition) is 4. The fourth-order valence-electron chi connectivity index (χ4n) is 2.52. The number of nitrogens with zero attached hydrogens (tertiary/aromatic N) is 1. The van der Waals surface area contributed by atoms with Crippen molar-refractivity contribution >= 4 is 16.7 Å². The van der Waals surface area contributed by atoms with Crippen molar-refractivity contribution in [1.82, 2.24) is 9.97 Å². The molecule has 1 unspecified atom stereocenters. The molecule has 1 atom stereocenters. The molecule has 3 aromatic rings. The summed E-state index contributed by atoms with van der Waals surface area (Å²) in [5.41, 5.74) is 10.1. The van der Waals surface area contributed by atoms with Crippen molar-refractivity contribution in [2.45, 2.75) is 19.4 Å². The number of aromatic nitrogens is 2. The van der Waals surface area contributed by atoms with Gasteiger partial charge in [-0.15, -0.1) is 0 Å². The van der Waals surface area contributed by atoms with Crippen LogP contribution >= 0.6 is 0 Å². The molecule has 1 heterocycles. The van der Waals surface area contributed by atoms with Crippen LogP contribution in [0, 0.1) is 0 Å². The molecule has 5 nitrogen and oxygen atoms in total. The van der Waals surface area contributed by atoms with Gasteiger partial charge in [-0.3, -0.25) is 0 Å². The van der Waals surface area contributed by atoms with Gasteiger partial charge in [0.1, 0.15) is 5.75 Å². The molecule has 120 valence electrons. The van der Waals surface area contributed by atoms with Crippen LogP contribution in [0.1, 0.15) is 24.9 Å². The summed E-state index contributed by atoms with van der Waals surface area (Å²) in [6.07, 6.45) is 2.70. The monoisotopic (exact) mass is 310 g/mol. The molecule has 0 radical (unpaired) electrons. The number of H-pyrrole nitrogens is 1. The first-order valence-corrected chi connectivity index (χ1v) is 7.92. The lowest BCUT2D eigenvalue weighted by Gasteiger charge is -2.19. The Bertz CT molecular complexity index is 751. The fourth-order valence-corrected chi connectivity index (χ4v) is 2.52. The normalized spacial score (nSPS) is 12.3. The second kappa shape index (κ2) is 7.15. The van der Waals surface area contributed by atoms with Gasteiger partial charge in [-0.2, -0.15) is 0 Å². The van der Waals surface area contributed by atoms with E-state index >= 15 is 0 Å². The molecule has 2 aromatic carbocycles. The van der Waals surface area contributed by atoms with Crippen LogP contribution in [-0.4, -0.2) is 23.1 Å². The summed E-state index contributed by atoms with van der Waals surface area (Å²) in [7, 11) is 0. The SMILES string of the molecule is CCCOc1ccc(C(CN)Nc2ccc3nc[nH]c3c2)cc1. The Kier molecular flexibility index (Phi) is 4.78. The van der Waals surface area contributed by atoms with Gasteiger partial charge in [-0.1, -0.05) is 19.1 Å². The van der Waals surface area contributed by atoms with E-state index in [1.165, 1.54) is 0 Å². The summed E-state index contributed by atoms with van der Waals surface area (Å²) in [5, 5.41) is 3.48. The highest BCUT2D eigenvalue weighted by Gasteiger charge is 2.10. The van der Waals surface area contributed by atoms with Crippen molar-refractivity contribution in [3.8, 4) is 5.75 Å². The number of nitrogens with one attached hydrogen (secondary N) is 2. The zero-order chi connectivity index (χ0) is 16.1. The molecule has 0 amide bonds. The van der Waals surface area contributed by atoms with Crippen LogP contribution in [0.25, 0.3) is 11.0 Å². The lowest BCUT2D eigenvalue weighted by Crippen LogP contribution is -2.20. The third-order valence-corrected chi connectivity index (χ3v) is 3.75. The molecule has 0 bridgehead atoms. The molecule has 5 heteroatoms. The maximum Gasteiger partial charge on any atom is 0.119 e. The minimum Gasteiger partial charge on any atom is -0.494 e. The van der Waals surface area contributed by atoms with E-state index in [1.807, 2.05) is 30.3 Å². The van der Waals surface area contributed by atoms with E-state index in [0.717, 1.165) is 41.1 Å². The van der Waals surface area contributed by atoms with Crippen LogP contribution in [0.5, 0.6) is 5.75 Å². The predicted octanol–water partition coefficient (Wildman–Crippen LogP) is 3.46. The van der Waals surface area contributed by atoms with Crippen molar-refractivity contribution in [1.29, 1.82) is 0 Å². The second-order valence-corrected chi connectivity index (χ2v) is 5.48. The maximum atomic E-state index is 5.95. The van der Waals surface area contributed by atoms with E-state index in [1.54, 1.807) is 6.33 Å². The van der Waals surface area contributed by atoms with Crippen molar-refractivity contribution in [2.75, 3.05) is 18.5 Å². The lowest BCUT2D eigenvalue weighted by atomic mass is 10.1. The van der Waals surface area contributed by atoms with Gasteiger partial charge < -0.3 is 20.8 Å².